The quantitative estimate of drug-likeness (QED) is 0.308. The third-order valence-corrected chi connectivity index (χ3v) is 7.01. The van der Waals surface area contributed by atoms with Crippen molar-refractivity contribution >= 4 is 17.5 Å². The fourth-order valence-corrected chi connectivity index (χ4v) is 4.76. The summed E-state index contributed by atoms with van der Waals surface area (Å²) in [4.78, 5) is 15.3. The standard InChI is InChI=1S/C28H34ClN3O5/c1-16(2)9-12-37-22-8-7-18(14-23(22)36-5)27-24-25(19-15-20(29)17(3)13-21(19)33)30-31-26(24)28(34)32(27)10-6-11-35-4/h7-8,13-16,27,33H,6,9-12H2,1-5H3,(H,30,31). The number of hydrogen-bond donors (Lipinski definition) is 2. The van der Waals surface area contributed by atoms with E-state index in [9.17, 15) is 9.90 Å². The fraction of sp³-hybridized carbons (Fsp3) is 0.429. The lowest BCUT2D eigenvalue weighted by Gasteiger charge is -2.27. The Hall–Kier alpha value is -3.23. The highest BCUT2D eigenvalue weighted by molar-refractivity contribution is 6.31. The second-order valence-corrected chi connectivity index (χ2v) is 10.1. The average Bonchev–Trinajstić information content (AvgIpc) is 3.40. The number of H-pyrrole nitrogens is 1. The van der Waals surface area contributed by atoms with Gasteiger partial charge in [0.15, 0.2) is 11.5 Å². The number of nitrogens with one attached hydrogen (secondary N) is 1. The monoisotopic (exact) mass is 527 g/mol. The van der Waals surface area contributed by atoms with E-state index in [-0.39, 0.29) is 11.7 Å². The number of aromatic amines is 1. The SMILES string of the molecule is COCCCN1C(=O)c2[nH]nc(-c3cc(Cl)c(C)cc3O)c2C1c1ccc(OCCC(C)C)c(OC)c1. The van der Waals surface area contributed by atoms with E-state index < -0.39 is 6.04 Å². The second-order valence-electron chi connectivity index (χ2n) is 9.67. The van der Waals surface area contributed by atoms with E-state index in [2.05, 4.69) is 24.0 Å². The van der Waals surface area contributed by atoms with Crippen LogP contribution in [0.15, 0.2) is 30.3 Å². The highest BCUT2D eigenvalue weighted by Crippen LogP contribution is 2.46. The van der Waals surface area contributed by atoms with E-state index in [1.54, 1.807) is 31.3 Å². The van der Waals surface area contributed by atoms with Crippen LogP contribution in [0.25, 0.3) is 11.3 Å². The number of amides is 1. The normalized spacial score (nSPS) is 14.9. The lowest BCUT2D eigenvalue weighted by Crippen LogP contribution is -2.31. The van der Waals surface area contributed by atoms with Gasteiger partial charge in [-0.05, 0) is 61.1 Å². The van der Waals surface area contributed by atoms with Crippen LogP contribution in [-0.4, -0.2) is 60.1 Å². The maximum absolute atomic E-state index is 13.5. The number of fused-ring (bicyclic) bond motifs is 1. The first-order chi connectivity index (χ1) is 17.8. The Kier molecular flexibility index (Phi) is 8.29. The van der Waals surface area contributed by atoms with E-state index in [4.69, 9.17) is 25.8 Å². The molecular formula is C28H34ClN3O5. The van der Waals surface area contributed by atoms with Crippen LogP contribution in [0.4, 0.5) is 0 Å². The third-order valence-electron chi connectivity index (χ3n) is 6.60. The van der Waals surface area contributed by atoms with Crippen molar-refractivity contribution in [3.8, 4) is 28.5 Å². The zero-order valence-electron chi connectivity index (χ0n) is 21.9. The van der Waals surface area contributed by atoms with E-state index in [0.717, 1.165) is 17.5 Å². The van der Waals surface area contributed by atoms with Gasteiger partial charge >= 0.3 is 0 Å². The van der Waals surface area contributed by atoms with Gasteiger partial charge in [-0.15, -0.1) is 0 Å². The molecule has 0 fully saturated rings. The van der Waals surface area contributed by atoms with E-state index in [1.165, 1.54) is 0 Å². The van der Waals surface area contributed by atoms with Crippen molar-refractivity contribution in [2.75, 3.05) is 34.0 Å². The summed E-state index contributed by atoms with van der Waals surface area (Å²) in [7, 11) is 3.24. The number of rotatable bonds is 11. The molecule has 3 aromatic rings. The van der Waals surface area contributed by atoms with Crippen molar-refractivity contribution < 1.29 is 24.1 Å². The molecule has 8 nitrogen and oxygen atoms in total. The molecule has 1 unspecified atom stereocenters. The van der Waals surface area contributed by atoms with Crippen LogP contribution in [0.5, 0.6) is 17.2 Å². The fourth-order valence-electron chi connectivity index (χ4n) is 4.59. The van der Waals surface area contributed by atoms with Gasteiger partial charge < -0.3 is 24.2 Å². The summed E-state index contributed by atoms with van der Waals surface area (Å²) in [6, 6.07) is 8.56. The number of aryl methyl sites for hydroxylation is 1. The van der Waals surface area contributed by atoms with Crippen molar-refractivity contribution in [3.63, 3.8) is 0 Å². The van der Waals surface area contributed by atoms with Crippen LogP contribution in [0, 0.1) is 12.8 Å². The van der Waals surface area contributed by atoms with Gasteiger partial charge in [0.2, 0.25) is 0 Å². The molecule has 37 heavy (non-hydrogen) atoms. The van der Waals surface area contributed by atoms with Gasteiger partial charge in [0.05, 0.1) is 19.8 Å². The molecule has 9 heteroatoms. The lowest BCUT2D eigenvalue weighted by atomic mass is 9.95. The van der Waals surface area contributed by atoms with Gasteiger partial charge in [0, 0.05) is 36.4 Å². The molecular weight excluding hydrogens is 494 g/mol. The van der Waals surface area contributed by atoms with Crippen molar-refractivity contribution in [1.29, 1.82) is 0 Å². The smallest absolute Gasteiger partial charge is 0.273 e. The summed E-state index contributed by atoms with van der Waals surface area (Å²) in [6.45, 7) is 7.71. The molecule has 0 saturated carbocycles. The molecule has 1 aliphatic heterocycles. The summed E-state index contributed by atoms with van der Waals surface area (Å²) in [5, 5.41) is 18.6. The predicted molar refractivity (Wildman–Crippen MR) is 143 cm³/mol. The number of aromatic nitrogens is 2. The van der Waals surface area contributed by atoms with Crippen LogP contribution in [0.1, 0.15) is 59.9 Å². The summed E-state index contributed by atoms with van der Waals surface area (Å²) in [5.41, 5.74) is 3.63. The van der Waals surface area contributed by atoms with Crippen molar-refractivity contribution in [1.82, 2.24) is 15.1 Å². The highest BCUT2D eigenvalue weighted by atomic mass is 35.5. The van der Waals surface area contributed by atoms with E-state index in [0.29, 0.717) is 71.1 Å². The Morgan fingerprint density at radius 2 is 1.95 bits per heavy atom. The lowest BCUT2D eigenvalue weighted by molar-refractivity contribution is 0.0723. The van der Waals surface area contributed by atoms with Crippen LogP contribution >= 0.6 is 11.6 Å². The summed E-state index contributed by atoms with van der Waals surface area (Å²) < 4.78 is 16.9. The van der Waals surface area contributed by atoms with Crippen molar-refractivity contribution in [3.05, 3.63) is 57.7 Å². The van der Waals surface area contributed by atoms with Crippen LogP contribution in [-0.2, 0) is 4.74 Å². The van der Waals surface area contributed by atoms with E-state index in [1.807, 2.05) is 25.1 Å². The number of methoxy groups -OCH3 is 2. The first kappa shape index (κ1) is 26.8. The number of phenolic OH excluding ortho intramolecular Hbond substituents is 1. The molecule has 1 aliphatic rings. The summed E-state index contributed by atoms with van der Waals surface area (Å²) >= 11 is 6.40. The number of halogens is 1. The molecule has 0 aliphatic carbocycles. The second kappa shape index (κ2) is 11.4. The van der Waals surface area contributed by atoms with Gasteiger partial charge in [-0.25, -0.2) is 0 Å². The first-order valence-corrected chi connectivity index (χ1v) is 12.8. The van der Waals surface area contributed by atoms with Gasteiger partial charge in [-0.3, -0.25) is 9.89 Å². The predicted octanol–water partition coefficient (Wildman–Crippen LogP) is 5.76. The number of nitrogens with zero attached hydrogens (tertiary/aromatic N) is 2. The highest BCUT2D eigenvalue weighted by Gasteiger charge is 2.42. The number of ether oxygens (including phenoxy) is 3. The van der Waals surface area contributed by atoms with Crippen LogP contribution in [0.3, 0.4) is 0 Å². The minimum Gasteiger partial charge on any atom is -0.507 e. The number of hydrogen-bond acceptors (Lipinski definition) is 6. The Balaban J connectivity index is 1.79. The van der Waals surface area contributed by atoms with Crippen molar-refractivity contribution in [2.45, 2.75) is 39.7 Å². The number of benzene rings is 2. The minimum atomic E-state index is -0.453. The van der Waals surface area contributed by atoms with Gasteiger partial charge in [-0.2, -0.15) is 5.10 Å². The Morgan fingerprint density at radius 1 is 1.16 bits per heavy atom. The zero-order chi connectivity index (χ0) is 26.7. The zero-order valence-corrected chi connectivity index (χ0v) is 22.7. The van der Waals surface area contributed by atoms with Gasteiger partial charge in [0.25, 0.3) is 5.91 Å². The van der Waals surface area contributed by atoms with E-state index >= 15 is 0 Å². The largest absolute Gasteiger partial charge is 0.507 e. The number of carbonyl (C=O) groups is 1. The number of aromatic hydroxyl groups is 1. The molecule has 1 aromatic heterocycles. The maximum Gasteiger partial charge on any atom is 0.273 e. The molecule has 0 saturated heterocycles. The molecule has 2 N–H and O–H groups in total. The molecule has 2 aromatic carbocycles. The molecule has 198 valence electrons. The summed E-state index contributed by atoms with van der Waals surface area (Å²) in [6.07, 6.45) is 1.60. The minimum absolute atomic E-state index is 0.0479. The molecule has 4 rings (SSSR count). The molecule has 0 radical (unpaired) electrons. The van der Waals surface area contributed by atoms with Crippen LogP contribution in [0.2, 0.25) is 5.02 Å². The third kappa shape index (κ3) is 5.40. The molecule has 1 amide bonds. The topological polar surface area (TPSA) is 96.9 Å². The first-order valence-electron chi connectivity index (χ1n) is 12.4. The Morgan fingerprint density at radius 3 is 2.65 bits per heavy atom. The van der Waals surface area contributed by atoms with Crippen molar-refractivity contribution in [2.24, 2.45) is 5.92 Å². The number of carbonyl (C=O) groups excluding carboxylic acids is 1. The average molecular weight is 528 g/mol. The summed E-state index contributed by atoms with van der Waals surface area (Å²) in [5.74, 6) is 1.65. The van der Waals surface area contributed by atoms with Gasteiger partial charge in [-0.1, -0.05) is 31.5 Å². The molecule has 0 bridgehead atoms. The number of phenols is 1. The molecule has 2 heterocycles. The Bertz CT molecular complexity index is 1270. The molecule has 0 spiro atoms. The van der Waals surface area contributed by atoms with Gasteiger partial charge in [0.1, 0.15) is 17.1 Å². The Labute approximate surface area is 222 Å². The van der Waals surface area contributed by atoms with Crippen LogP contribution < -0.4 is 9.47 Å². The maximum atomic E-state index is 13.5. The molecule has 1 atom stereocenters.